The Morgan fingerprint density at radius 3 is 1.84 bits per heavy atom. The topological polar surface area (TPSA) is 213 Å². The molecule has 3 aliphatic heterocycles. The maximum Gasteiger partial charge on any atom is 0.407 e. The number of aromatic amines is 2. The van der Waals surface area contributed by atoms with Crippen LogP contribution < -0.4 is 15.4 Å². The van der Waals surface area contributed by atoms with Gasteiger partial charge in [-0.15, -0.1) is 0 Å². The van der Waals surface area contributed by atoms with Crippen LogP contribution in [0.15, 0.2) is 48.8 Å². The molecule has 3 aromatic heterocycles. The summed E-state index contributed by atoms with van der Waals surface area (Å²) in [6.07, 6.45) is 5.27. The van der Waals surface area contributed by atoms with E-state index in [-0.39, 0.29) is 42.5 Å². The van der Waals surface area contributed by atoms with Gasteiger partial charge in [0.15, 0.2) is 6.73 Å². The molecule has 318 valence electrons. The number of benzene rings is 2. The largest absolute Gasteiger partial charge is 0.472 e. The summed E-state index contributed by atoms with van der Waals surface area (Å²) in [5.74, 6) is 1.30. The zero-order valence-electron chi connectivity index (χ0n) is 35.1. The summed E-state index contributed by atoms with van der Waals surface area (Å²) in [6, 6.07) is 12.2. The summed E-state index contributed by atoms with van der Waals surface area (Å²) in [7, 11) is 2.55. The number of alkyl carbamates (subject to hydrolysis) is 2. The van der Waals surface area contributed by atoms with Crippen molar-refractivity contribution in [1.82, 2.24) is 44.9 Å². The van der Waals surface area contributed by atoms with Gasteiger partial charge >= 0.3 is 12.2 Å². The highest BCUT2D eigenvalue weighted by molar-refractivity contribution is 5.98. The number of amides is 4. The quantitative estimate of drug-likeness (QED) is 0.122. The molecule has 0 spiro atoms. The number of fused-ring (bicyclic) bond motifs is 5. The van der Waals surface area contributed by atoms with Crippen molar-refractivity contribution in [2.45, 2.75) is 84.3 Å². The van der Waals surface area contributed by atoms with Crippen LogP contribution in [0.5, 0.6) is 5.75 Å². The van der Waals surface area contributed by atoms with Crippen molar-refractivity contribution in [3.8, 4) is 45.6 Å². The van der Waals surface area contributed by atoms with E-state index in [1.54, 1.807) is 22.2 Å². The van der Waals surface area contributed by atoms with Gasteiger partial charge < -0.3 is 49.2 Å². The molecular formula is C44H50N10O7. The van der Waals surface area contributed by atoms with E-state index in [4.69, 9.17) is 24.2 Å². The lowest BCUT2D eigenvalue weighted by Crippen LogP contribution is -2.51. The smallest absolute Gasteiger partial charge is 0.407 e. The summed E-state index contributed by atoms with van der Waals surface area (Å²) in [5.41, 5.74) is 6.10. The molecule has 17 nitrogen and oxygen atoms in total. The number of ether oxygens (including phenoxy) is 3. The number of H-pyrrole nitrogens is 2. The van der Waals surface area contributed by atoms with Crippen molar-refractivity contribution in [3.63, 3.8) is 0 Å². The van der Waals surface area contributed by atoms with Crippen LogP contribution in [-0.4, -0.2) is 97.7 Å². The van der Waals surface area contributed by atoms with Crippen molar-refractivity contribution < 1.29 is 33.4 Å². The van der Waals surface area contributed by atoms with E-state index in [2.05, 4.69) is 26.7 Å². The number of nitriles is 1. The van der Waals surface area contributed by atoms with Crippen LogP contribution in [0, 0.1) is 23.2 Å². The molecule has 0 bridgehead atoms. The van der Waals surface area contributed by atoms with Crippen molar-refractivity contribution in [3.05, 3.63) is 66.0 Å². The number of methoxy groups -OCH3 is 2. The van der Waals surface area contributed by atoms with Crippen LogP contribution >= 0.6 is 0 Å². The minimum Gasteiger partial charge on any atom is -0.472 e. The molecule has 61 heavy (non-hydrogen) atoms. The van der Waals surface area contributed by atoms with E-state index in [1.807, 2.05) is 68.7 Å². The predicted molar refractivity (Wildman–Crippen MR) is 224 cm³/mol. The van der Waals surface area contributed by atoms with Gasteiger partial charge in [-0.25, -0.2) is 19.6 Å². The SMILES string of the molecule is COC(=O)NC(C(=O)N1CCCC1c1ncc(-c2ccc3c(c2)OCn2c-3c(C#N)c3cc(-c4cnc(C5CCCN5C(=O)C(NC(=O)OC)C(C)C)[nH]4)ccc32)[nH]1)C(C)C. The highest BCUT2D eigenvalue weighted by Gasteiger charge is 2.39. The van der Waals surface area contributed by atoms with Gasteiger partial charge in [0.2, 0.25) is 11.8 Å². The summed E-state index contributed by atoms with van der Waals surface area (Å²) in [6.45, 7) is 8.84. The Kier molecular flexibility index (Phi) is 11.2. The Morgan fingerprint density at radius 1 is 0.803 bits per heavy atom. The molecule has 17 heteroatoms. The molecule has 3 aliphatic rings. The Balaban J connectivity index is 1.03. The van der Waals surface area contributed by atoms with Crippen molar-refractivity contribution >= 4 is 34.9 Å². The van der Waals surface area contributed by atoms with Crippen molar-refractivity contribution in [2.24, 2.45) is 11.8 Å². The zero-order chi connectivity index (χ0) is 43.1. The first kappa shape index (κ1) is 40.9. The number of nitrogens with one attached hydrogen (secondary N) is 4. The van der Waals surface area contributed by atoms with Crippen molar-refractivity contribution in [1.29, 1.82) is 5.26 Å². The summed E-state index contributed by atoms with van der Waals surface area (Å²) >= 11 is 0. The first-order valence-corrected chi connectivity index (χ1v) is 20.7. The van der Waals surface area contributed by atoms with Crippen LogP contribution in [0.1, 0.15) is 82.7 Å². The van der Waals surface area contributed by atoms with Crippen molar-refractivity contribution in [2.75, 3.05) is 27.3 Å². The molecule has 5 aromatic rings. The second-order valence-electron chi connectivity index (χ2n) is 16.4. The number of carbonyl (C=O) groups is 4. The van der Waals surface area contributed by atoms with Gasteiger partial charge in [0.1, 0.15) is 35.6 Å². The molecule has 4 amide bonds. The molecule has 4 atom stereocenters. The fraction of sp³-hybridized carbons (Fsp3) is 0.432. The summed E-state index contributed by atoms with van der Waals surface area (Å²) in [5, 5.41) is 16.8. The molecule has 8 rings (SSSR count). The van der Waals surface area contributed by atoms with E-state index in [1.165, 1.54) is 14.2 Å². The number of carbonyl (C=O) groups excluding carboxylic acids is 4. The Hall–Kier alpha value is -6.83. The highest BCUT2D eigenvalue weighted by atomic mass is 16.5. The second-order valence-corrected chi connectivity index (χ2v) is 16.4. The molecule has 4 N–H and O–H groups in total. The van der Waals surface area contributed by atoms with Gasteiger partial charge in [-0.05, 0) is 61.8 Å². The maximum atomic E-state index is 13.7. The minimum atomic E-state index is -0.733. The number of nitrogens with zero attached hydrogens (tertiary/aromatic N) is 6. The molecule has 0 aliphatic carbocycles. The molecule has 0 saturated carbocycles. The number of likely N-dealkylation sites (tertiary alicyclic amines) is 2. The number of aromatic nitrogens is 5. The van der Waals surface area contributed by atoms with E-state index in [0.717, 1.165) is 70.4 Å². The lowest BCUT2D eigenvalue weighted by atomic mass is 10.0. The summed E-state index contributed by atoms with van der Waals surface area (Å²) < 4.78 is 17.9. The molecular weight excluding hydrogens is 781 g/mol. The average Bonchev–Trinajstić information content (AvgIpc) is 4.12. The first-order chi connectivity index (χ1) is 29.4. The standard InChI is InChI=1S/C44H50N10O7/c1-23(2)36(50-43(57)59-5)41(55)52-15-7-9-33(52)39-46-20-30(48-39)25-12-14-32-28(17-25)29(19-45)38-27-13-11-26(18-35(27)61-22-54(32)38)31-21-47-40(49-31)34-10-8-16-53(34)42(56)37(24(3)4)51-44(58)60-6/h11-14,17-18,20-21,23-24,33-34,36-37H,7-10,15-16,22H2,1-6H3,(H,46,48)(H,47,49)(H,50,57)(H,51,58). The van der Waals surface area contributed by atoms with Crippen LogP contribution in [0.2, 0.25) is 0 Å². The van der Waals surface area contributed by atoms with E-state index in [0.29, 0.717) is 36.1 Å². The Bertz CT molecular complexity index is 2550. The van der Waals surface area contributed by atoms with Gasteiger partial charge in [0.05, 0.1) is 66.9 Å². The van der Waals surface area contributed by atoms with Gasteiger partial charge in [0.25, 0.3) is 0 Å². The lowest BCUT2D eigenvalue weighted by Gasteiger charge is -2.30. The van der Waals surface area contributed by atoms with Gasteiger partial charge in [-0.3, -0.25) is 9.59 Å². The third-order valence-corrected chi connectivity index (χ3v) is 12.1. The van der Waals surface area contributed by atoms with E-state index < -0.39 is 24.3 Å². The Morgan fingerprint density at radius 2 is 1.33 bits per heavy atom. The zero-order valence-corrected chi connectivity index (χ0v) is 35.1. The number of rotatable bonds is 10. The number of imidazole rings is 2. The molecule has 2 aromatic carbocycles. The molecule has 4 unspecified atom stereocenters. The molecule has 6 heterocycles. The molecule has 0 radical (unpaired) electrons. The third kappa shape index (κ3) is 7.51. The number of hydrogen-bond donors (Lipinski definition) is 4. The molecule has 2 saturated heterocycles. The van der Waals surface area contributed by atoms with E-state index >= 15 is 0 Å². The fourth-order valence-electron chi connectivity index (χ4n) is 8.88. The maximum absolute atomic E-state index is 13.7. The van der Waals surface area contributed by atoms with E-state index in [9.17, 15) is 24.4 Å². The van der Waals surface area contributed by atoms with Gasteiger partial charge in [0, 0.05) is 35.2 Å². The van der Waals surface area contributed by atoms with Crippen LogP contribution in [0.4, 0.5) is 9.59 Å². The van der Waals surface area contributed by atoms with Crippen LogP contribution in [0.25, 0.3) is 44.7 Å². The van der Waals surface area contributed by atoms with Crippen LogP contribution in [-0.2, 0) is 25.8 Å². The third-order valence-electron chi connectivity index (χ3n) is 12.1. The van der Waals surface area contributed by atoms with Crippen LogP contribution in [0.3, 0.4) is 0 Å². The monoisotopic (exact) mass is 830 g/mol. The Labute approximate surface area is 352 Å². The minimum absolute atomic E-state index is 0.140. The summed E-state index contributed by atoms with van der Waals surface area (Å²) in [4.78, 5) is 71.2. The van der Waals surface area contributed by atoms with Gasteiger partial charge in [-0.1, -0.05) is 39.8 Å². The molecule has 2 fully saturated rings. The first-order valence-electron chi connectivity index (χ1n) is 20.7. The van der Waals surface area contributed by atoms with Gasteiger partial charge in [-0.2, -0.15) is 5.26 Å². The normalized spacial score (nSPS) is 18.0. The second kappa shape index (κ2) is 16.7. The fourth-order valence-corrected chi connectivity index (χ4v) is 8.88. The predicted octanol–water partition coefficient (Wildman–Crippen LogP) is 6.40. The highest BCUT2D eigenvalue weighted by Crippen LogP contribution is 2.44. The lowest BCUT2D eigenvalue weighted by molar-refractivity contribution is -0.136. The average molecular weight is 831 g/mol. The number of hydrogen-bond acceptors (Lipinski definition) is 10.